The first kappa shape index (κ1) is 30.0. The number of ketones is 1. The summed E-state index contributed by atoms with van der Waals surface area (Å²) < 4.78 is 1.96. The van der Waals surface area contributed by atoms with Gasteiger partial charge < -0.3 is 5.32 Å². The zero-order valence-corrected chi connectivity index (χ0v) is 25.5. The highest BCUT2D eigenvalue weighted by Gasteiger charge is 2.26. The summed E-state index contributed by atoms with van der Waals surface area (Å²) in [5.41, 5.74) is 14.1. The number of likely N-dealkylation sites (tertiary alicyclic amines) is 1. The van der Waals surface area contributed by atoms with Gasteiger partial charge in [-0.3, -0.25) is 14.5 Å². The van der Waals surface area contributed by atoms with E-state index >= 15 is 0 Å². The summed E-state index contributed by atoms with van der Waals surface area (Å²) in [5, 5.41) is 12.3. The van der Waals surface area contributed by atoms with Crippen molar-refractivity contribution in [1.82, 2.24) is 19.7 Å². The third-order valence-electron chi connectivity index (χ3n) is 8.17. The van der Waals surface area contributed by atoms with Crippen LogP contribution < -0.4 is 5.32 Å². The molecule has 0 aliphatic carbocycles. The van der Waals surface area contributed by atoms with Crippen molar-refractivity contribution in [3.63, 3.8) is 0 Å². The molecular weight excluding hydrogens is 588 g/mol. The SMILES string of the molecule is Cc1nn(C2CCN(Cc3ccc(CN=[N+]=[N-])cc3)CC2)c2ncc(C(=O)Nc3ccc(C(=O)c4ccccc4)cc3)c(Cl)c12. The summed E-state index contributed by atoms with van der Waals surface area (Å²) in [4.78, 5) is 35.8. The van der Waals surface area contributed by atoms with Gasteiger partial charge in [0.1, 0.15) is 0 Å². The van der Waals surface area contributed by atoms with Crippen LogP contribution >= 0.6 is 11.6 Å². The van der Waals surface area contributed by atoms with Crippen LogP contribution in [0.4, 0.5) is 5.69 Å². The lowest BCUT2D eigenvalue weighted by atomic mass is 10.0. The lowest BCUT2D eigenvalue weighted by Crippen LogP contribution is -2.34. The number of halogens is 1. The van der Waals surface area contributed by atoms with Crippen LogP contribution in [0.25, 0.3) is 21.5 Å². The Hall–Kier alpha value is -5.02. The molecule has 0 spiro atoms. The van der Waals surface area contributed by atoms with Gasteiger partial charge in [-0.15, -0.1) is 0 Å². The number of aromatic nitrogens is 3. The predicted octanol–water partition coefficient (Wildman–Crippen LogP) is 7.52. The van der Waals surface area contributed by atoms with E-state index < -0.39 is 0 Å². The largest absolute Gasteiger partial charge is 0.322 e. The molecule has 1 aliphatic rings. The van der Waals surface area contributed by atoms with E-state index in [0.717, 1.165) is 43.7 Å². The Kier molecular flexibility index (Phi) is 8.89. The number of anilines is 1. The molecule has 1 aliphatic heterocycles. The van der Waals surface area contributed by atoms with Gasteiger partial charge >= 0.3 is 0 Å². The molecule has 5 aromatic rings. The van der Waals surface area contributed by atoms with Crippen molar-refractivity contribution in [1.29, 1.82) is 0 Å². The molecule has 6 rings (SSSR count). The van der Waals surface area contributed by atoms with E-state index in [1.807, 2.05) is 41.9 Å². The summed E-state index contributed by atoms with van der Waals surface area (Å²) in [6, 6.07) is 24.2. The maximum absolute atomic E-state index is 13.2. The molecule has 0 radical (unpaired) electrons. The van der Waals surface area contributed by atoms with Crippen LogP contribution in [-0.4, -0.2) is 44.4 Å². The van der Waals surface area contributed by atoms with Gasteiger partial charge in [0, 0.05) is 47.6 Å². The number of nitrogens with one attached hydrogen (secondary N) is 1. The number of pyridine rings is 1. The van der Waals surface area contributed by atoms with Crippen LogP contribution in [0.15, 0.2) is 90.2 Å². The molecule has 0 bridgehead atoms. The second-order valence-electron chi connectivity index (χ2n) is 11.2. The highest BCUT2D eigenvalue weighted by molar-refractivity contribution is 6.39. The summed E-state index contributed by atoms with van der Waals surface area (Å²) in [6.07, 6.45) is 3.33. The van der Waals surface area contributed by atoms with Crippen LogP contribution in [-0.2, 0) is 13.1 Å². The number of hydrogen-bond acceptors (Lipinski definition) is 6. The second-order valence-corrected chi connectivity index (χ2v) is 11.5. The van der Waals surface area contributed by atoms with Crippen LogP contribution in [0.5, 0.6) is 0 Å². The molecule has 11 heteroatoms. The molecule has 1 N–H and O–H groups in total. The van der Waals surface area contributed by atoms with Gasteiger partial charge in [-0.2, -0.15) is 5.10 Å². The average molecular weight is 619 g/mol. The molecule has 3 heterocycles. The Balaban J connectivity index is 1.11. The van der Waals surface area contributed by atoms with Crippen molar-refractivity contribution in [2.24, 2.45) is 5.11 Å². The standard InChI is InChI=1S/C34H31ClN8O2/c1-22-30-31(35)29(34(45)39-27-13-11-26(12-14-27)32(44)25-5-3-2-4-6-25)20-37-33(30)43(40-22)28-15-17-42(18-16-28)21-24-9-7-23(8-10-24)19-38-41-36/h2-14,20,28H,15-19,21H2,1H3,(H,39,45). The third-order valence-corrected chi connectivity index (χ3v) is 8.56. The number of azide groups is 1. The Morgan fingerprint density at radius 1 is 0.978 bits per heavy atom. The lowest BCUT2D eigenvalue weighted by molar-refractivity contribution is 0.102. The van der Waals surface area contributed by atoms with Crippen LogP contribution in [0.1, 0.15) is 62.0 Å². The minimum atomic E-state index is -0.386. The van der Waals surface area contributed by atoms with Gasteiger partial charge in [0.25, 0.3) is 5.91 Å². The number of piperidine rings is 1. The summed E-state index contributed by atoms with van der Waals surface area (Å²) >= 11 is 6.82. The minimum absolute atomic E-state index is 0.0843. The Morgan fingerprint density at radius 3 is 2.33 bits per heavy atom. The molecule has 1 amide bonds. The molecule has 10 nitrogen and oxygen atoms in total. The van der Waals surface area contributed by atoms with E-state index in [2.05, 4.69) is 37.4 Å². The van der Waals surface area contributed by atoms with Crippen molar-refractivity contribution in [2.45, 2.75) is 38.9 Å². The molecule has 0 unspecified atom stereocenters. The molecule has 45 heavy (non-hydrogen) atoms. The molecule has 0 atom stereocenters. The van der Waals surface area contributed by atoms with Crippen molar-refractivity contribution >= 4 is 40.0 Å². The van der Waals surface area contributed by atoms with Crippen molar-refractivity contribution < 1.29 is 9.59 Å². The molecule has 226 valence electrons. The molecule has 3 aromatic carbocycles. The maximum Gasteiger partial charge on any atom is 0.258 e. The minimum Gasteiger partial charge on any atom is -0.322 e. The van der Waals surface area contributed by atoms with E-state index in [0.29, 0.717) is 39.4 Å². The van der Waals surface area contributed by atoms with E-state index in [1.54, 1.807) is 36.4 Å². The van der Waals surface area contributed by atoms with Gasteiger partial charge in [0.2, 0.25) is 0 Å². The molecular formula is C34H31ClN8O2. The Morgan fingerprint density at radius 2 is 1.64 bits per heavy atom. The molecule has 0 saturated carbocycles. The monoisotopic (exact) mass is 618 g/mol. The summed E-state index contributed by atoms with van der Waals surface area (Å²) in [6.45, 7) is 4.92. The van der Waals surface area contributed by atoms with Crippen molar-refractivity contribution in [3.05, 3.63) is 134 Å². The molecule has 1 fully saturated rings. The molecule has 1 saturated heterocycles. The van der Waals surface area contributed by atoms with Crippen LogP contribution in [0.3, 0.4) is 0 Å². The number of aryl methyl sites for hydroxylation is 1. The number of benzene rings is 3. The number of carbonyl (C=O) groups excluding carboxylic acids is 2. The highest BCUT2D eigenvalue weighted by Crippen LogP contribution is 2.33. The first-order chi connectivity index (χ1) is 21.9. The quantitative estimate of drug-likeness (QED) is 0.0790. The third kappa shape index (κ3) is 6.58. The topological polar surface area (TPSA) is 129 Å². The van der Waals surface area contributed by atoms with Gasteiger partial charge in [-0.05, 0) is 60.7 Å². The predicted molar refractivity (Wildman–Crippen MR) is 174 cm³/mol. The van der Waals surface area contributed by atoms with Gasteiger partial charge in [0.15, 0.2) is 11.4 Å². The van der Waals surface area contributed by atoms with Crippen LogP contribution in [0.2, 0.25) is 5.02 Å². The van der Waals surface area contributed by atoms with Crippen LogP contribution in [0, 0.1) is 6.92 Å². The zero-order chi connectivity index (χ0) is 31.3. The zero-order valence-electron chi connectivity index (χ0n) is 24.7. The Bertz CT molecular complexity index is 1890. The van der Waals surface area contributed by atoms with E-state index in [9.17, 15) is 9.59 Å². The fourth-order valence-electron chi connectivity index (χ4n) is 5.75. The summed E-state index contributed by atoms with van der Waals surface area (Å²) in [5.74, 6) is -0.471. The number of amides is 1. The van der Waals surface area contributed by atoms with Gasteiger partial charge in [0.05, 0.1) is 34.3 Å². The fourth-order valence-corrected chi connectivity index (χ4v) is 6.10. The van der Waals surface area contributed by atoms with Crippen molar-refractivity contribution in [2.75, 3.05) is 18.4 Å². The first-order valence-electron chi connectivity index (χ1n) is 14.8. The van der Waals surface area contributed by atoms with Gasteiger partial charge in [-0.25, -0.2) is 9.67 Å². The normalized spacial score (nSPS) is 13.8. The second kappa shape index (κ2) is 13.3. The van der Waals surface area contributed by atoms with E-state index in [-0.39, 0.29) is 23.3 Å². The van der Waals surface area contributed by atoms with E-state index in [4.69, 9.17) is 22.2 Å². The number of hydrogen-bond donors (Lipinski definition) is 1. The number of fused-ring (bicyclic) bond motifs is 1. The number of nitrogens with zero attached hydrogens (tertiary/aromatic N) is 7. The molecule has 2 aromatic heterocycles. The summed E-state index contributed by atoms with van der Waals surface area (Å²) in [7, 11) is 0. The average Bonchev–Trinajstić information content (AvgIpc) is 3.42. The van der Waals surface area contributed by atoms with Gasteiger partial charge in [-0.1, -0.05) is 71.3 Å². The smallest absolute Gasteiger partial charge is 0.258 e. The van der Waals surface area contributed by atoms with Crippen molar-refractivity contribution in [3.8, 4) is 0 Å². The number of carbonyl (C=O) groups is 2. The lowest BCUT2D eigenvalue weighted by Gasteiger charge is -2.32. The Labute approximate surface area is 265 Å². The first-order valence-corrected chi connectivity index (χ1v) is 15.1. The fraction of sp³-hybridized carbons (Fsp3) is 0.235. The van der Waals surface area contributed by atoms with E-state index in [1.165, 1.54) is 11.8 Å². The highest BCUT2D eigenvalue weighted by atomic mass is 35.5. The number of rotatable bonds is 9. The maximum atomic E-state index is 13.2.